The quantitative estimate of drug-likeness (QED) is 0.643. The molecule has 0 spiro atoms. The van der Waals surface area contributed by atoms with E-state index in [9.17, 15) is 4.79 Å². The number of aliphatic carboxylic acids is 1. The van der Waals surface area contributed by atoms with Gasteiger partial charge in [-0.25, -0.2) is 4.79 Å². The van der Waals surface area contributed by atoms with Crippen LogP contribution >= 0.6 is 0 Å². The number of carboxylic acids is 1. The van der Waals surface area contributed by atoms with Gasteiger partial charge in [-0.05, 0) is 6.08 Å². The molecule has 0 atom stereocenters. The molecule has 0 saturated carbocycles. The minimum Gasteiger partial charge on any atom is -0.478 e. The zero-order valence-electron chi connectivity index (χ0n) is 6.87. The molecule has 64 valence electrons. The van der Waals surface area contributed by atoms with Crippen molar-refractivity contribution in [3.05, 3.63) is 35.6 Å². The standard InChI is InChI=1S/C9H11NO2/c1-10-8-6-4-2-3-5-7(8)9(11)12/h2-5,10H,6H2,1H3,(H,11,12). The van der Waals surface area contributed by atoms with Crippen LogP contribution in [0.5, 0.6) is 0 Å². The van der Waals surface area contributed by atoms with Gasteiger partial charge in [-0.1, -0.05) is 18.2 Å². The van der Waals surface area contributed by atoms with Gasteiger partial charge in [-0.15, -0.1) is 0 Å². The summed E-state index contributed by atoms with van der Waals surface area (Å²) in [7, 11) is 1.73. The van der Waals surface area contributed by atoms with E-state index in [4.69, 9.17) is 5.11 Å². The Morgan fingerprint density at radius 1 is 1.58 bits per heavy atom. The molecule has 12 heavy (non-hydrogen) atoms. The Kier molecular flexibility index (Phi) is 2.69. The van der Waals surface area contributed by atoms with Crippen LogP contribution in [0.1, 0.15) is 6.42 Å². The van der Waals surface area contributed by atoms with Gasteiger partial charge in [-0.3, -0.25) is 0 Å². The molecule has 0 amide bonds. The molecule has 0 aromatic heterocycles. The van der Waals surface area contributed by atoms with Crippen LogP contribution in [-0.2, 0) is 4.79 Å². The molecule has 0 saturated heterocycles. The largest absolute Gasteiger partial charge is 0.478 e. The van der Waals surface area contributed by atoms with Crippen LogP contribution in [0.15, 0.2) is 35.6 Å². The van der Waals surface area contributed by atoms with Crippen LogP contribution in [-0.4, -0.2) is 18.1 Å². The number of carbonyl (C=O) groups is 1. The van der Waals surface area contributed by atoms with E-state index in [2.05, 4.69) is 5.32 Å². The van der Waals surface area contributed by atoms with E-state index in [1.165, 1.54) is 0 Å². The normalized spacial score (nSPS) is 16.1. The Bertz CT molecular complexity index is 274. The second-order valence-corrected chi connectivity index (χ2v) is 2.44. The highest BCUT2D eigenvalue weighted by molar-refractivity contribution is 5.91. The van der Waals surface area contributed by atoms with Crippen LogP contribution in [0.4, 0.5) is 0 Å². The third-order valence-corrected chi connectivity index (χ3v) is 1.69. The zero-order valence-corrected chi connectivity index (χ0v) is 6.87. The average molecular weight is 165 g/mol. The molecular weight excluding hydrogens is 154 g/mol. The van der Waals surface area contributed by atoms with Crippen LogP contribution in [0.3, 0.4) is 0 Å². The Hall–Kier alpha value is -1.51. The number of hydrogen-bond acceptors (Lipinski definition) is 2. The second kappa shape index (κ2) is 3.76. The van der Waals surface area contributed by atoms with E-state index in [-0.39, 0.29) is 0 Å². The molecule has 0 aliphatic heterocycles. The van der Waals surface area contributed by atoms with Gasteiger partial charge in [0, 0.05) is 19.2 Å². The fraction of sp³-hybridized carbons (Fsp3) is 0.222. The van der Waals surface area contributed by atoms with Crippen LogP contribution in [0.25, 0.3) is 0 Å². The lowest BCUT2D eigenvalue weighted by Gasteiger charge is -2.05. The Labute approximate surface area is 71.1 Å². The second-order valence-electron chi connectivity index (χ2n) is 2.44. The van der Waals surface area contributed by atoms with Crippen molar-refractivity contribution in [3.63, 3.8) is 0 Å². The maximum absolute atomic E-state index is 10.7. The van der Waals surface area contributed by atoms with Crippen LogP contribution in [0, 0.1) is 0 Å². The first-order valence-electron chi connectivity index (χ1n) is 3.73. The summed E-state index contributed by atoms with van der Waals surface area (Å²) in [6.07, 6.45) is 7.72. The highest BCUT2D eigenvalue weighted by Gasteiger charge is 2.09. The van der Waals surface area contributed by atoms with Gasteiger partial charge in [-0.2, -0.15) is 0 Å². The van der Waals surface area contributed by atoms with E-state index in [0.29, 0.717) is 12.0 Å². The summed E-state index contributed by atoms with van der Waals surface area (Å²) >= 11 is 0. The van der Waals surface area contributed by atoms with Crippen molar-refractivity contribution in [2.24, 2.45) is 0 Å². The lowest BCUT2D eigenvalue weighted by Crippen LogP contribution is -2.12. The zero-order chi connectivity index (χ0) is 8.97. The van der Waals surface area contributed by atoms with Crippen molar-refractivity contribution in [1.82, 2.24) is 5.32 Å². The first-order chi connectivity index (χ1) is 5.75. The van der Waals surface area contributed by atoms with E-state index in [1.54, 1.807) is 19.2 Å². The topological polar surface area (TPSA) is 49.3 Å². The molecule has 0 fully saturated rings. The predicted molar refractivity (Wildman–Crippen MR) is 46.6 cm³/mol. The molecule has 2 N–H and O–H groups in total. The fourth-order valence-electron chi connectivity index (χ4n) is 1.06. The summed E-state index contributed by atoms with van der Waals surface area (Å²) < 4.78 is 0. The van der Waals surface area contributed by atoms with E-state index >= 15 is 0 Å². The Morgan fingerprint density at radius 2 is 2.33 bits per heavy atom. The van der Waals surface area contributed by atoms with Gasteiger partial charge in [0.1, 0.15) is 0 Å². The Balaban J connectivity index is 3.01. The molecular formula is C9H11NO2. The highest BCUT2D eigenvalue weighted by atomic mass is 16.4. The van der Waals surface area contributed by atoms with E-state index in [1.807, 2.05) is 12.2 Å². The number of hydrogen-bond donors (Lipinski definition) is 2. The molecule has 1 rings (SSSR count). The van der Waals surface area contributed by atoms with Crippen molar-refractivity contribution in [2.75, 3.05) is 7.05 Å². The lowest BCUT2D eigenvalue weighted by molar-refractivity contribution is -0.132. The highest BCUT2D eigenvalue weighted by Crippen LogP contribution is 2.11. The van der Waals surface area contributed by atoms with Gasteiger partial charge in [0.2, 0.25) is 0 Å². The molecule has 0 radical (unpaired) electrons. The van der Waals surface area contributed by atoms with Gasteiger partial charge in [0.05, 0.1) is 5.57 Å². The predicted octanol–water partition coefficient (Wildman–Crippen LogP) is 1.06. The summed E-state index contributed by atoms with van der Waals surface area (Å²) in [5, 5.41) is 11.7. The number of carboxylic acid groups (broad SMARTS) is 1. The third-order valence-electron chi connectivity index (χ3n) is 1.69. The molecule has 0 unspecified atom stereocenters. The minimum absolute atomic E-state index is 0.336. The number of rotatable bonds is 2. The first kappa shape index (κ1) is 8.59. The first-order valence-corrected chi connectivity index (χ1v) is 3.73. The average Bonchev–Trinajstić information content (AvgIpc) is 2.27. The van der Waals surface area contributed by atoms with Gasteiger partial charge < -0.3 is 10.4 Å². The van der Waals surface area contributed by atoms with Crippen molar-refractivity contribution in [1.29, 1.82) is 0 Å². The summed E-state index contributed by atoms with van der Waals surface area (Å²) in [6.45, 7) is 0. The fourth-order valence-corrected chi connectivity index (χ4v) is 1.06. The maximum atomic E-state index is 10.7. The molecule has 1 aliphatic carbocycles. The van der Waals surface area contributed by atoms with E-state index in [0.717, 1.165) is 5.70 Å². The number of nitrogens with one attached hydrogen (secondary N) is 1. The third kappa shape index (κ3) is 1.75. The molecule has 3 nitrogen and oxygen atoms in total. The molecule has 3 heteroatoms. The summed E-state index contributed by atoms with van der Waals surface area (Å²) in [5.41, 5.74) is 1.08. The summed E-state index contributed by atoms with van der Waals surface area (Å²) in [5.74, 6) is -0.890. The Morgan fingerprint density at radius 3 is 2.92 bits per heavy atom. The van der Waals surface area contributed by atoms with Crippen LogP contribution < -0.4 is 5.32 Å². The smallest absolute Gasteiger partial charge is 0.337 e. The van der Waals surface area contributed by atoms with Gasteiger partial charge >= 0.3 is 5.97 Å². The molecule has 0 heterocycles. The molecule has 0 aromatic carbocycles. The summed E-state index contributed by atoms with van der Waals surface area (Å²) in [4.78, 5) is 10.7. The van der Waals surface area contributed by atoms with Crippen molar-refractivity contribution in [3.8, 4) is 0 Å². The van der Waals surface area contributed by atoms with Crippen LogP contribution in [0.2, 0.25) is 0 Å². The summed E-state index contributed by atoms with van der Waals surface area (Å²) in [6, 6.07) is 0. The molecule has 0 bridgehead atoms. The lowest BCUT2D eigenvalue weighted by atomic mass is 10.1. The van der Waals surface area contributed by atoms with Crippen molar-refractivity contribution < 1.29 is 9.90 Å². The van der Waals surface area contributed by atoms with Gasteiger partial charge in [0.25, 0.3) is 0 Å². The monoisotopic (exact) mass is 165 g/mol. The van der Waals surface area contributed by atoms with Crippen molar-refractivity contribution >= 4 is 5.97 Å². The number of allylic oxidation sites excluding steroid dienone is 3. The molecule has 0 aromatic rings. The van der Waals surface area contributed by atoms with Gasteiger partial charge in [0.15, 0.2) is 0 Å². The van der Waals surface area contributed by atoms with E-state index < -0.39 is 5.97 Å². The van der Waals surface area contributed by atoms with Crippen molar-refractivity contribution in [2.45, 2.75) is 6.42 Å². The molecule has 1 aliphatic rings. The SMILES string of the molecule is CNC1=C(C(=O)O)C=CC=CC1. The minimum atomic E-state index is -0.890. The maximum Gasteiger partial charge on any atom is 0.337 e.